The third-order valence-corrected chi connectivity index (χ3v) is 4.86. The summed E-state index contributed by atoms with van der Waals surface area (Å²) in [7, 11) is 0. The molecule has 1 aliphatic heterocycles. The van der Waals surface area contributed by atoms with E-state index in [2.05, 4.69) is 14.6 Å². The van der Waals surface area contributed by atoms with E-state index in [-0.39, 0.29) is 6.04 Å². The van der Waals surface area contributed by atoms with Crippen molar-refractivity contribution in [2.45, 2.75) is 31.9 Å². The van der Waals surface area contributed by atoms with E-state index >= 15 is 0 Å². The number of likely N-dealkylation sites (tertiary alicyclic amines) is 1. The standard InChI is InChI=1S/C14H14F2N2O3S/c15-13(16)10-6-8(17-21-10)7-18-5-1-2-9(18)11-3-4-12(22-11)14(19)20/h3-4,6,9,13H,1-2,5,7H2,(H,19,20). The van der Waals surface area contributed by atoms with E-state index in [9.17, 15) is 13.6 Å². The van der Waals surface area contributed by atoms with Gasteiger partial charge in [0, 0.05) is 23.5 Å². The van der Waals surface area contributed by atoms with E-state index in [4.69, 9.17) is 5.11 Å². The van der Waals surface area contributed by atoms with Gasteiger partial charge in [0.15, 0.2) is 0 Å². The minimum Gasteiger partial charge on any atom is -0.477 e. The molecule has 1 fully saturated rings. The highest BCUT2D eigenvalue weighted by atomic mass is 32.1. The third kappa shape index (κ3) is 3.02. The number of carboxylic acid groups (broad SMARTS) is 1. The highest BCUT2D eigenvalue weighted by molar-refractivity contribution is 7.14. The van der Waals surface area contributed by atoms with E-state index in [0.717, 1.165) is 24.3 Å². The lowest BCUT2D eigenvalue weighted by molar-refractivity contribution is 0.0702. The van der Waals surface area contributed by atoms with Crippen LogP contribution in [0.15, 0.2) is 22.7 Å². The second-order valence-corrected chi connectivity index (χ2v) is 6.27. The largest absolute Gasteiger partial charge is 0.477 e. The van der Waals surface area contributed by atoms with Gasteiger partial charge < -0.3 is 9.63 Å². The van der Waals surface area contributed by atoms with Gasteiger partial charge in [-0.15, -0.1) is 11.3 Å². The molecule has 1 atom stereocenters. The van der Waals surface area contributed by atoms with Crippen molar-refractivity contribution in [2.24, 2.45) is 0 Å². The molecule has 2 aromatic rings. The molecule has 0 spiro atoms. The smallest absolute Gasteiger partial charge is 0.345 e. The van der Waals surface area contributed by atoms with Crippen LogP contribution in [-0.2, 0) is 6.54 Å². The van der Waals surface area contributed by atoms with Crippen LogP contribution < -0.4 is 0 Å². The molecule has 0 bridgehead atoms. The molecule has 22 heavy (non-hydrogen) atoms. The van der Waals surface area contributed by atoms with E-state index in [0.29, 0.717) is 17.1 Å². The first-order valence-electron chi connectivity index (χ1n) is 6.85. The molecule has 1 saturated heterocycles. The van der Waals surface area contributed by atoms with Crippen molar-refractivity contribution in [1.82, 2.24) is 10.1 Å². The average molecular weight is 328 g/mol. The summed E-state index contributed by atoms with van der Waals surface area (Å²) in [5.41, 5.74) is 0.470. The molecule has 0 radical (unpaired) electrons. The summed E-state index contributed by atoms with van der Waals surface area (Å²) >= 11 is 1.26. The van der Waals surface area contributed by atoms with Crippen molar-refractivity contribution in [1.29, 1.82) is 0 Å². The van der Waals surface area contributed by atoms with Gasteiger partial charge in [-0.05, 0) is 31.5 Å². The van der Waals surface area contributed by atoms with E-state index < -0.39 is 18.2 Å². The first-order chi connectivity index (χ1) is 10.5. The fraction of sp³-hybridized carbons (Fsp3) is 0.429. The number of aromatic carboxylic acids is 1. The van der Waals surface area contributed by atoms with Crippen LogP contribution in [0.5, 0.6) is 0 Å². The number of hydrogen-bond acceptors (Lipinski definition) is 5. The van der Waals surface area contributed by atoms with Crippen molar-refractivity contribution in [3.63, 3.8) is 0 Å². The van der Waals surface area contributed by atoms with Gasteiger partial charge in [-0.25, -0.2) is 13.6 Å². The van der Waals surface area contributed by atoms with E-state index in [1.54, 1.807) is 6.07 Å². The summed E-state index contributed by atoms with van der Waals surface area (Å²) in [6.45, 7) is 1.24. The fourth-order valence-corrected chi connectivity index (χ4v) is 3.71. The van der Waals surface area contributed by atoms with Crippen LogP contribution in [0, 0.1) is 0 Å². The fourth-order valence-electron chi connectivity index (χ4n) is 2.70. The van der Waals surface area contributed by atoms with Gasteiger partial charge in [0.2, 0.25) is 5.76 Å². The number of thiophene rings is 1. The molecule has 5 nitrogen and oxygen atoms in total. The predicted molar refractivity (Wildman–Crippen MR) is 75.1 cm³/mol. The molecular formula is C14H14F2N2O3S. The van der Waals surface area contributed by atoms with Crippen molar-refractivity contribution >= 4 is 17.3 Å². The molecule has 2 aromatic heterocycles. The number of carbonyl (C=O) groups is 1. The Morgan fingerprint density at radius 2 is 2.36 bits per heavy atom. The number of halogens is 2. The monoisotopic (exact) mass is 328 g/mol. The Morgan fingerprint density at radius 3 is 3.00 bits per heavy atom. The van der Waals surface area contributed by atoms with Gasteiger partial charge in [-0.1, -0.05) is 5.16 Å². The summed E-state index contributed by atoms with van der Waals surface area (Å²) in [5, 5.41) is 12.7. The minimum absolute atomic E-state index is 0.102. The van der Waals surface area contributed by atoms with Crippen molar-refractivity contribution in [3.05, 3.63) is 39.4 Å². The molecule has 1 aliphatic rings. The SMILES string of the molecule is O=C(O)c1ccc(C2CCCN2Cc2cc(C(F)F)on2)s1. The molecule has 0 aromatic carbocycles. The van der Waals surface area contributed by atoms with Gasteiger partial charge >= 0.3 is 5.97 Å². The van der Waals surface area contributed by atoms with Crippen LogP contribution in [0.1, 0.15) is 51.3 Å². The Balaban J connectivity index is 1.73. The number of rotatable bonds is 5. The molecule has 3 heterocycles. The lowest BCUT2D eigenvalue weighted by Gasteiger charge is -2.22. The number of hydrogen-bond donors (Lipinski definition) is 1. The predicted octanol–water partition coefficient (Wildman–Crippen LogP) is 3.71. The molecule has 0 saturated carbocycles. The topological polar surface area (TPSA) is 66.6 Å². The summed E-state index contributed by atoms with van der Waals surface area (Å²) in [6.07, 6.45) is -0.769. The highest BCUT2D eigenvalue weighted by Gasteiger charge is 2.29. The maximum atomic E-state index is 12.5. The number of aromatic nitrogens is 1. The first kappa shape index (κ1) is 15.1. The van der Waals surface area contributed by atoms with Crippen LogP contribution in [0.2, 0.25) is 0 Å². The lowest BCUT2D eigenvalue weighted by atomic mass is 10.2. The van der Waals surface area contributed by atoms with Gasteiger partial charge in [0.05, 0.1) is 5.69 Å². The zero-order chi connectivity index (χ0) is 15.7. The Bertz CT molecular complexity index is 671. The maximum Gasteiger partial charge on any atom is 0.345 e. The molecule has 3 rings (SSSR count). The molecular weight excluding hydrogens is 314 g/mol. The second kappa shape index (κ2) is 6.13. The summed E-state index contributed by atoms with van der Waals surface area (Å²) < 4.78 is 29.6. The summed E-state index contributed by atoms with van der Waals surface area (Å²) in [5.74, 6) is -1.35. The van der Waals surface area contributed by atoms with Crippen molar-refractivity contribution in [2.75, 3.05) is 6.54 Å². The lowest BCUT2D eigenvalue weighted by Crippen LogP contribution is -2.22. The summed E-state index contributed by atoms with van der Waals surface area (Å²) in [6, 6.07) is 4.80. The number of nitrogens with zero attached hydrogens (tertiary/aromatic N) is 2. The van der Waals surface area contributed by atoms with Crippen LogP contribution in [0.3, 0.4) is 0 Å². The Kier molecular flexibility index (Phi) is 4.21. The van der Waals surface area contributed by atoms with E-state index in [1.807, 2.05) is 6.07 Å². The normalized spacial score (nSPS) is 19.1. The number of alkyl halides is 2. The van der Waals surface area contributed by atoms with Crippen LogP contribution in [0.4, 0.5) is 8.78 Å². The summed E-state index contributed by atoms with van der Waals surface area (Å²) in [4.78, 5) is 14.4. The van der Waals surface area contributed by atoms with Crippen molar-refractivity contribution < 1.29 is 23.2 Å². The molecule has 1 unspecified atom stereocenters. The quantitative estimate of drug-likeness (QED) is 0.906. The molecule has 0 aliphatic carbocycles. The molecule has 1 N–H and O–H groups in total. The highest BCUT2D eigenvalue weighted by Crippen LogP contribution is 2.37. The Hall–Kier alpha value is -1.80. The Labute approximate surface area is 129 Å². The third-order valence-electron chi connectivity index (χ3n) is 3.69. The van der Waals surface area contributed by atoms with Gasteiger partial charge in [0.1, 0.15) is 4.88 Å². The van der Waals surface area contributed by atoms with Gasteiger partial charge in [-0.3, -0.25) is 4.90 Å². The van der Waals surface area contributed by atoms with Gasteiger partial charge in [0.25, 0.3) is 6.43 Å². The van der Waals surface area contributed by atoms with Crippen LogP contribution in [0.25, 0.3) is 0 Å². The van der Waals surface area contributed by atoms with Crippen molar-refractivity contribution in [3.8, 4) is 0 Å². The Morgan fingerprint density at radius 1 is 1.55 bits per heavy atom. The minimum atomic E-state index is -2.66. The second-order valence-electron chi connectivity index (χ2n) is 5.16. The molecule has 0 amide bonds. The molecule has 8 heteroatoms. The zero-order valence-electron chi connectivity index (χ0n) is 11.5. The van der Waals surface area contributed by atoms with E-state index in [1.165, 1.54) is 17.4 Å². The average Bonchev–Trinajstić information content (AvgIpc) is 3.18. The zero-order valence-corrected chi connectivity index (χ0v) is 12.4. The van der Waals surface area contributed by atoms with Crippen LogP contribution >= 0.6 is 11.3 Å². The molecule has 118 valence electrons. The number of carboxylic acids is 1. The van der Waals surface area contributed by atoms with Gasteiger partial charge in [-0.2, -0.15) is 0 Å². The maximum absolute atomic E-state index is 12.5. The van der Waals surface area contributed by atoms with Crippen LogP contribution in [-0.4, -0.2) is 27.7 Å². The first-order valence-corrected chi connectivity index (χ1v) is 7.67.